The van der Waals surface area contributed by atoms with Gasteiger partial charge in [0.2, 0.25) is 0 Å². The topological polar surface area (TPSA) is 52.0 Å². The number of rotatable bonds is 2. The van der Waals surface area contributed by atoms with E-state index in [4.69, 9.17) is 10.2 Å². The Balaban J connectivity index is 2.58. The molecule has 1 aromatic heterocycles. The van der Waals surface area contributed by atoms with E-state index in [9.17, 15) is 0 Å². The third-order valence-corrected chi connectivity index (χ3v) is 1.70. The largest absolute Gasteiger partial charge is 0.438 e. The van der Waals surface area contributed by atoms with Crippen molar-refractivity contribution in [2.45, 2.75) is 24.3 Å². The van der Waals surface area contributed by atoms with Gasteiger partial charge in [0.15, 0.2) is 5.82 Å². The van der Waals surface area contributed by atoms with E-state index in [1.807, 2.05) is 0 Å². The first-order valence-corrected chi connectivity index (χ1v) is 3.94. The highest BCUT2D eigenvalue weighted by Crippen LogP contribution is 2.21. The number of nitrogen functional groups attached to an aromatic ring is 1. The summed E-state index contributed by atoms with van der Waals surface area (Å²) in [5, 5.41) is 1.13. The maximum Gasteiger partial charge on any atom is 0.257 e. The van der Waals surface area contributed by atoms with Crippen LogP contribution in [0.5, 0.6) is 0 Å². The smallest absolute Gasteiger partial charge is 0.257 e. The van der Waals surface area contributed by atoms with Crippen LogP contribution in [0.1, 0.15) is 13.8 Å². The highest BCUT2D eigenvalue weighted by Gasteiger charge is 2.03. The van der Waals surface area contributed by atoms with E-state index in [-0.39, 0.29) is 0 Å². The number of nitrogens with zero attached hydrogens (tertiary/aromatic N) is 1. The lowest BCUT2D eigenvalue weighted by Crippen LogP contribution is -1.86. The lowest BCUT2D eigenvalue weighted by atomic mass is 10.6. The van der Waals surface area contributed by atoms with Gasteiger partial charge in [0.05, 0.1) is 0 Å². The first-order chi connectivity index (χ1) is 4.68. The maximum absolute atomic E-state index is 5.34. The van der Waals surface area contributed by atoms with E-state index in [0.29, 0.717) is 16.3 Å². The second kappa shape index (κ2) is 2.96. The lowest BCUT2D eigenvalue weighted by Gasteiger charge is -1.96. The quantitative estimate of drug-likeness (QED) is 0.666. The van der Waals surface area contributed by atoms with Gasteiger partial charge in [0.1, 0.15) is 6.26 Å². The van der Waals surface area contributed by atoms with Crippen LogP contribution in [0.2, 0.25) is 0 Å². The van der Waals surface area contributed by atoms with Gasteiger partial charge >= 0.3 is 0 Å². The molecule has 0 bridgehead atoms. The van der Waals surface area contributed by atoms with Crippen molar-refractivity contribution in [3.63, 3.8) is 0 Å². The highest BCUT2D eigenvalue weighted by atomic mass is 32.2. The summed E-state index contributed by atoms with van der Waals surface area (Å²) >= 11 is 1.56. The van der Waals surface area contributed by atoms with Crippen LogP contribution < -0.4 is 5.73 Å². The SMILES string of the molecule is CC(C)Sc1nc(N)co1. The number of nitrogens with two attached hydrogens (primary N) is 1. The second-order valence-corrected chi connectivity index (χ2v) is 3.73. The summed E-state index contributed by atoms with van der Waals surface area (Å²) in [5.74, 6) is 0.447. The molecule has 0 amide bonds. The average Bonchev–Trinajstić information content (AvgIpc) is 2.13. The van der Waals surface area contributed by atoms with Gasteiger partial charge in [-0.05, 0) is 0 Å². The second-order valence-electron chi connectivity index (χ2n) is 2.20. The van der Waals surface area contributed by atoms with Gasteiger partial charge in [-0.3, -0.25) is 0 Å². The maximum atomic E-state index is 5.34. The van der Waals surface area contributed by atoms with Crippen molar-refractivity contribution in [3.05, 3.63) is 6.26 Å². The number of aromatic nitrogens is 1. The molecule has 0 aliphatic rings. The van der Waals surface area contributed by atoms with Crippen molar-refractivity contribution in [2.75, 3.05) is 5.73 Å². The molecule has 0 saturated heterocycles. The van der Waals surface area contributed by atoms with Gasteiger partial charge in [0, 0.05) is 5.25 Å². The Morgan fingerprint density at radius 1 is 1.70 bits per heavy atom. The molecule has 0 saturated carbocycles. The van der Waals surface area contributed by atoms with E-state index in [1.54, 1.807) is 11.8 Å². The summed E-state index contributed by atoms with van der Waals surface area (Å²) in [7, 11) is 0. The van der Waals surface area contributed by atoms with Crippen LogP contribution in [0, 0.1) is 0 Å². The molecule has 10 heavy (non-hydrogen) atoms. The van der Waals surface area contributed by atoms with Gasteiger partial charge in [-0.1, -0.05) is 25.6 Å². The molecule has 1 heterocycles. The van der Waals surface area contributed by atoms with Crippen molar-refractivity contribution in [3.8, 4) is 0 Å². The third kappa shape index (κ3) is 1.95. The Hall–Kier alpha value is -0.640. The molecular formula is C6H10N2OS. The normalized spacial score (nSPS) is 10.7. The molecule has 0 radical (unpaired) electrons. The molecule has 1 rings (SSSR count). The van der Waals surface area contributed by atoms with Gasteiger partial charge < -0.3 is 10.2 Å². The number of oxazole rings is 1. The first-order valence-electron chi connectivity index (χ1n) is 3.06. The number of thioether (sulfide) groups is 1. The van der Waals surface area contributed by atoms with Crippen LogP contribution in [0.25, 0.3) is 0 Å². The lowest BCUT2D eigenvalue weighted by molar-refractivity contribution is 0.453. The molecule has 0 spiro atoms. The molecule has 3 nitrogen and oxygen atoms in total. The van der Waals surface area contributed by atoms with E-state index >= 15 is 0 Å². The number of hydrogen-bond donors (Lipinski definition) is 1. The Kier molecular flexibility index (Phi) is 2.21. The van der Waals surface area contributed by atoms with Crippen LogP contribution in [0.3, 0.4) is 0 Å². The fraction of sp³-hybridized carbons (Fsp3) is 0.500. The van der Waals surface area contributed by atoms with Gasteiger partial charge in [-0.2, -0.15) is 4.98 Å². The molecule has 0 aliphatic carbocycles. The summed E-state index contributed by atoms with van der Waals surface area (Å²) in [5.41, 5.74) is 5.34. The Bertz CT molecular complexity index is 209. The third-order valence-electron chi connectivity index (χ3n) is 0.837. The minimum Gasteiger partial charge on any atom is -0.438 e. The Morgan fingerprint density at radius 2 is 2.40 bits per heavy atom. The Labute approximate surface area is 64.0 Å². The molecule has 0 aliphatic heterocycles. The molecule has 0 fully saturated rings. The van der Waals surface area contributed by atoms with Crippen molar-refractivity contribution >= 4 is 17.6 Å². The molecule has 56 valence electrons. The van der Waals surface area contributed by atoms with Crippen LogP contribution in [0.15, 0.2) is 15.9 Å². The standard InChI is InChI=1S/C6H10N2OS/c1-4(2)10-6-8-5(7)3-9-6/h3-4H,7H2,1-2H3. The number of anilines is 1. The zero-order valence-corrected chi connectivity index (χ0v) is 6.81. The highest BCUT2D eigenvalue weighted by molar-refractivity contribution is 7.99. The zero-order chi connectivity index (χ0) is 7.56. The molecule has 0 unspecified atom stereocenters. The van der Waals surface area contributed by atoms with Crippen molar-refractivity contribution in [2.24, 2.45) is 0 Å². The predicted molar refractivity (Wildman–Crippen MR) is 41.9 cm³/mol. The monoisotopic (exact) mass is 158 g/mol. The molecule has 1 aromatic rings. The fourth-order valence-electron chi connectivity index (χ4n) is 0.525. The summed E-state index contributed by atoms with van der Waals surface area (Å²) in [6, 6.07) is 0. The van der Waals surface area contributed by atoms with Crippen LogP contribution in [0.4, 0.5) is 5.82 Å². The summed E-state index contributed by atoms with van der Waals surface area (Å²) < 4.78 is 5.00. The minimum atomic E-state index is 0.447. The fourth-order valence-corrected chi connectivity index (χ4v) is 1.19. The van der Waals surface area contributed by atoms with Crippen LogP contribution >= 0.6 is 11.8 Å². The molecule has 0 aromatic carbocycles. The zero-order valence-electron chi connectivity index (χ0n) is 6.00. The molecule has 4 heteroatoms. The predicted octanol–water partition coefficient (Wildman–Crippen LogP) is 1.76. The van der Waals surface area contributed by atoms with E-state index in [0.717, 1.165) is 0 Å². The molecular weight excluding hydrogens is 148 g/mol. The van der Waals surface area contributed by atoms with Gasteiger partial charge in [0.25, 0.3) is 5.22 Å². The first kappa shape index (κ1) is 7.47. The summed E-state index contributed by atoms with van der Waals surface area (Å²) in [6.45, 7) is 4.15. The van der Waals surface area contributed by atoms with Crippen molar-refractivity contribution in [1.82, 2.24) is 4.98 Å². The average molecular weight is 158 g/mol. The van der Waals surface area contributed by atoms with E-state index in [2.05, 4.69) is 18.8 Å². The molecule has 0 atom stereocenters. The summed E-state index contributed by atoms with van der Waals surface area (Å²) in [6.07, 6.45) is 1.45. The van der Waals surface area contributed by atoms with Gasteiger partial charge in [-0.15, -0.1) is 0 Å². The van der Waals surface area contributed by atoms with E-state index < -0.39 is 0 Å². The van der Waals surface area contributed by atoms with Crippen molar-refractivity contribution < 1.29 is 4.42 Å². The minimum absolute atomic E-state index is 0.447. The summed E-state index contributed by atoms with van der Waals surface area (Å²) in [4.78, 5) is 3.92. The van der Waals surface area contributed by atoms with Crippen LogP contribution in [-0.2, 0) is 0 Å². The van der Waals surface area contributed by atoms with Crippen LogP contribution in [-0.4, -0.2) is 10.2 Å². The Morgan fingerprint density at radius 3 is 2.80 bits per heavy atom. The van der Waals surface area contributed by atoms with Gasteiger partial charge in [-0.25, -0.2) is 0 Å². The number of hydrogen-bond acceptors (Lipinski definition) is 4. The van der Waals surface area contributed by atoms with Crippen molar-refractivity contribution in [1.29, 1.82) is 0 Å². The molecule has 2 N–H and O–H groups in total. The van der Waals surface area contributed by atoms with E-state index in [1.165, 1.54) is 6.26 Å².